The van der Waals surface area contributed by atoms with E-state index in [1.54, 1.807) is 12.4 Å². The Labute approximate surface area is 132 Å². The minimum atomic E-state index is -3.35. The molecule has 2 aromatic rings. The van der Waals surface area contributed by atoms with Crippen molar-refractivity contribution < 1.29 is 8.42 Å². The first kappa shape index (κ1) is 16.5. The first-order chi connectivity index (χ1) is 10.4. The van der Waals surface area contributed by atoms with Gasteiger partial charge >= 0.3 is 0 Å². The van der Waals surface area contributed by atoms with E-state index in [9.17, 15) is 8.42 Å². The van der Waals surface area contributed by atoms with Crippen LogP contribution >= 0.6 is 0 Å². The lowest BCUT2D eigenvalue weighted by Gasteiger charge is -2.25. The molecule has 0 spiro atoms. The van der Waals surface area contributed by atoms with Crippen LogP contribution in [-0.2, 0) is 16.6 Å². The number of aryl methyl sites for hydroxylation is 2. The average Bonchev–Trinajstić information content (AvgIpc) is 2.49. The van der Waals surface area contributed by atoms with E-state index in [-0.39, 0.29) is 5.75 Å². The Kier molecular flexibility index (Phi) is 5.19. The third-order valence-corrected chi connectivity index (χ3v) is 5.56. The average molecular weight is 318 g/mol. The first-order valence-electron chi connectivity index (χ1n) is 7.40. The molecule has 0 saturated carbocycles. The molecule has 5 heteroatoms. The fourth-order valence-electron chi connectivity index (χ4n) is 2.26. The molecule has 0 aliphatic heterocycles. The van der Waals surface area contributed by atoms with Crippen molar-refractivity contribution in [3.05, 3.63) is 59.4 Å². The summed E-state index contributed by atoms with van der Waals surface area (Å²) in [5.41, 5.74) is 3.82. The van der Waals surface area contributed by atoms with E-state index in [4.69, 9.17) is 0 Å². The molecule has 0 N–H and O–H groups in total. The van der Waals surface area contributed by atoms with Crippen molar-refractivity contribution in [1.82, 2.24) is 4.98 Å². The molecule has 0 aliphatic carbocycles. The standard InChI is InChI=1S/C17H22N2O2S/c1-4-10-22(20,21)19(13-16-6-5-9-18-12-16)17-8-7-14(2)15(3)11-17/h5-9,11-12H,4,10,13H2,1-3H3. The molecular formula is C17H22N2O2S. The highest BCUT2D eigenvalue weighted by molar-refractivity contribution is 7.92. The lowest BCUT2D eigenvalue weighted by atomic mass is 10.1. The predicted molar refractivity (Wildman–Crippen MR) is 90.4 cm³/mol. The van der Waals surface area contributed by atoms with E-state index in [2.05, 4.69) is 4.98 Å². The Hall–Kier alpha value is -1.88. The highest BCUT2D eigenvalue weighted by atomic mass is 32.2. The van der Waals surface area contributed by atoms with E-state index in [0.29, 0.717) is 18.7 Å². The smallest absolute Gasteiger partial charge is 0.235 e. The van der Waals surface area contributed by atoms with E-state index >= 15 is 0 Å². The molecule has 0 aliphatic rings. The topological polar surface area (TPSA) is 50.3 Å². The van der Waals surface area contributed by atoms with Gasteiger partial charge in [0.15, 0.2) is 0 Å². The molecule has 1 aromatic heterocycles. The number of aromatic nitrogens is 1. The summed E-state index contributed by atoms with van der Waals surface area (Å²) < 4.78 is 26.8. The number of anilines is 1. The van der Waals surface area contributed by atoms with Crippen molar-refractivity contribution in [3.63, 3.8) is 0 Å². The summed E-state index contributed by atoms with van der Waals surface area (Å²) in [6.07, 6.45) is 3.98. The van der Waals surface area contributed by atoms with Crippen molar-refractivity contribution in [1.29, 1.82) is 0 Å². The van der Waals surface area contributed by atoms with E-state index in [0.717, 1.165) is 16.7 Å². The van der Waals surface area contributed by atoms with Gasteiger partial charge in [-0.1, -0.05) is 19.1 Å². The summed E-state index contributed by atoms with van der Waals surface area (Å²) in [6.45, 7) is 6.19. The zero-order chi connectivity index (χ0) is 16.2. The Bertz CT molecular complexity index is 728. The van der Waals surface area contributed by atoms with Crippen LogP contribution in [0.25, 0.3) is 0 Å². The molecule has 118 valence electrons. The van der Waals surface area contributed by atoms with Gasteiger partial charge in [0.25, 0.3) is 0 Å². The summed E-state index contributed by atoms with van der Waals surface area (Å²) >= 11 is 0. The molecule has 2 rings (SSSR count). The molecule has 4 nitrogen and oxygen atoms in total. The van der Waals surface area contributed by atoms with Crippen LogP contribution < -0.4 is 4.31 Å². The van der Waals surface area contributed by atoms with E-state index in [1.165, 1.54) is 4.31 Å². The van der Waals surface area contributed by atoms with Crippen LogP contribution in [0.3, 0.4) is 0 Å². The SMILES string of the molecule is CCCS(=O)(=O)N(Cc1cccnc1)c1ccc(C)c(C)c1. The van der Waals surface area contributed by atoms with Crippen LogP contribution in [-0.4, -0.2) is 19.2 Å². The summed E-state index contributed by atoms with van der Waals surface area (Å²) in [4.78, 5) is 4.07. The summed E-state index contributed by atoms with van der Waals surface area (Å²) in [7, 11) is -3.35. The van der Waals surface area contributed by atoms with Gasteiger partial charge in [0.1, 0.15) is 0 Å². The van der Waals surface area contributed by atoms with Gasteiger partial charge in [0.05, 0.1) is 18.0 Å². The summed E-state index contributed by atoms with van der Waals surface area (Å²) in [5, 5.41) is 0. The number of sulfonamides is 1. The van der Waals surface area contributed by atoms with Crippen LogP contribution in [0.5, 0.6) is 0 Å². The van der Waals surface area contributed by atoms with Crippen LogP contribution in [0, 0.1) is 13.8 Å². The summed E-state index contributed by atoms with van der Waals surface area (Å²) in [6, 6.07) is 9.47. The van der Waals surface area contributed by atoms with Gasteiger partial charge in [-0.05, 0) is 55.2 Å². The highest BCUT2D eigenvalue weighted by Crippen LogP contribution is 2.24. The van der Waals surface area contributed by atoms with Gasteiger partial charge in [0.2, 0.25) is 10.0 Å². The van der Waals surface area contributed by atoms with Gasteiger partial charge in [-0.3, -0.25) is 9.29 Å². The molecule has 0 amide bonds. The third-order valence-electron chi connectivity index (χ3n) is 3.63. The number of benzene rings is 1. The molecule has 1 heterocycles. The van der Waals surface area contributed by atoms with Crippen molar-refractivity contribution >= 4 is 15.7 Å². The molecular weight excluding hydrogens is 296 g/mol. The minimum absolute atomic E-state index is 0.139. The second kappa shape index (κ2) is 6.92. The molecule has 0 fully saturated rings. The quantitative estimate of drug-likeness (QED) is 0.820. The zero-order valence-electron chi connectivity index (χ0n) is 13.3. The molecule has 0 unspecified atom stereocenters. The largest absolute Gasteiger partial charge is 0.266 e. The Morgan fingerprint density at radius 1 is 1.14 bits per heavy atom. The molecule has 0 bridgehead atoms. The lowest BCUT2D eigenvalue weighted by molar-refractivity contribution is 0.589. The van der Waals surface area contributed by atoms with Gasteiger partial charge in [-0.15, -0.1) is 0 Å². The maximum absolute atomic E-state index is 12.6. The van der Waals surface area contributed by atoms with Crippen LogP contribution in [0.15, 0.2) is 42.7 Å². The number of rotatable bonds is 6. The van der Waals surface area contributed by atoms with Gasteiger partial charge in [0, 0.05) is 12.4 Å². The second-order valence-corrected chi connectivity index (χ2v) is 7.47. The van der Waals surface area contributed by atoms with Crippen molar-refractivity contribution in [2.24, 2.45) is 0 Å². The fraction of sp³-hybridized carbons (Fsp3) is 0.353. The lowest BCUT2D eigenvalue weighted by Crippen LogP contribution is -2.32. The Balaban J connectivity index is 2.43. The molecule has 22 heavy (non-hydrogen) atoms. The van der Waals surface area contributed by atoms with Crippen molar-refractivity contribution in [2.75, 3.05) is 10.1 Å². The summed E-state index contributed by atoms with van der Waals surface area (Å²) in [5.74, 6) is 0.139. The molecule has 0 radical (unpaired) electrons. The second-order valence-electron chi connectivity index (χ2n) is 5.45. The van der Waals surface area contributed by atoms with Crippen LogP contribution in [0.1, 0.15) is 30.0 Å². The number of pyridine rings is 1. The van der Waals surface area contributed by atoms with E-state index in [1.807, 2.05) is 51.1 Å². The predicted octanol–water partition coefficient (Wildman–Crippen LogP) is 3.44. The molecule has 1 aromatic carbocycles. The monoisotopic (exact) mass is 318 g/mol. The fourth-order valence-corrected chi connectivity index (χ4v) is 3.77. The first-order valence-corrected chi connectivity index (χ1v) is 9.01. The van der Waals surface area contributed by atoms with Crippen LogP contribution in [0.4, 0.5) is 5.69 Å². The van der Waals surface area contributed by atoms with Gasteiger partial charge < -0.3 is 0 Å². The molecule has 0 saturated heterocycles. The van der Waals surface area contributed by atoms with Gasteiger partial charge in [-0.25, -0.2) is 8.42 Å². The number of nitrogens with zero attached hydrogens (tertiary/aromatic N) is 2. The number of hydrogen-bond donors (Lipinski definition) is 0. The van der Waals surface area contributed by atoms with Crippen molar-refractivity contribution in [3.8, 4) is 0 Å². The van der Waals surface area contributed by atoms with Crippen molar-refractivity contribution in [2.45, 2.75) is 33.7 Å². The van der Waals surface area contributed by atoms with Gasteiger partial charge in [-0.2, -0.15) is 0 Å². The molecule has 0 atom stereocenters. The normalized spacial score (nSPS) is 11.4. The maximum atomic E-state index is 12.6. The third kappa shape index (κ3) is 3.85. The van der Waals surface area contributed by atoms with Crippen LogP contribution in [0.2, 0.25) is 0 Å². The highest BCUT2D eigenvalue weighted by Gasteiger charge is 2.22. The number of hydrogen-bond acceptors (Lipinski definition) is 3. The zero-order valence-corrected chi connectivity index (χ0v) is 14.1. The van der Waals surface area contributed by atoms with E-state index < -0.39 is 10.0 Å². The maximum Gasteiger partial charge on any atom is 0.235 e. The minimum Gasteiger partial charge on any atom is -0.266 e. The Morgan fingerprint density at radius 2 is 1.91 bits per heavy atom. The Morgan fingerprint density at radius 3 is 2.50 bits per heavy atom.